The van der Waals surface area contributed by atoms with Crippen molar-refractivity contribution in [3.05, 3.63) is 28.5 Å². The second-order valence-electron chi connectivity index (χ2n) is 4.05. The number of ether oxygens (including phenoxy) is 1. The van der Waals surface area contributed by atoms with Crippen molar-refractivity contribution in [1.82, 2.24) is 14.8 Å². The largest absolute Gasteiger partial charge is 0.461 e. The Morgan fingerprint density at radius 2 is 2.25 bits per heavy atom. The van der Waals surface area contributed by atoms with E-state index >= 15 is 0 Å². The maximum absolute atomic E-state index is 12.0. The fourth-order valence-corrected chi connectivity index (χ4v) is 2.29. The second-order valence-corrected chi connectivity index (χ2v) is 4.90. The first-order valence-corrected chi connectivity index (χ1v) is 6.83. The summed E-state index contributed by atoms with van der Waals surface area (Å²) in [5.41, 5.74) is 1.29. The van der Waals surface area contributed by atoms with Crippen molar-refractivity contribution in [2.75, 3.05) is 11.9 Å². The second kappa shape index (κ2) is 5.83. The standard InChI is InChI=1S/C12H14N4O3S/c1-4-19-11(18)8-6-20-12(13-8)14-10(17)9-7(2)5-16(3)15-9/h5-6H,4H2,1-3H3,(H,13,14,17). The van der Waals surface area contributed by atoms with Crippen LogP contribution in [0.3, 0.4) is 0 Å². The lowest BCUT2D eigenvalue weighted by atomic mass is 10.3. The van der Waals surface area contributed by atoms with Gasteiger partial charge in [-0.25, -0.2) is 9.78 Å². The van der Waals surface area contributed by atoms with Crippen LogP contribution >= 0.6 is 11.3 Å². The summed E-state index contributed by atoms with van der Waals surface area (Å²) < 4.78 is 6.40. The molecule has 0 saturated carbocycles. The van der Waals surface area contributed by atoms with Crippen molar-refractivity contribution in [1.29, 1.82) is 0 Å². The van der Waals surface area contributed by atoms with Crippen molar-refractivity contribution in [2.45, 2.75) is 13.8 Å². The molecule has 0 bridgehead atoms. The van der Waals surface area contributed by atoms with Gasteiger partial charge in [-0.3, -0.25) is 14.8 Å². The first-order valence-electron chi connectivity index (χ1n) is 5.95. The molecule has 0 aliphatic carbocycles. The summed E-state index contributed by atoms with van der Waals surface area (Å²) in [5.74, 6) is -0.855. The summed E-state index contributed by atoms with van der Waals surface area (Å²) in [6.07, 6.45) is 1.75. The quantitative estimate of drug-likeness (QED) is 0.866. The highest BCUT2D eigenvalue weighted by atomic mass is 32.1. The molecule has 0 fully saturated rings. The van der Waals surface area contributed by atoms with Gasteiger partial charge >= 0.3 is 5.97 Å². The average Bonchev–Trinajstić information content (AvgIpc) is 2.96. The number of hydrogen-bond donors (Lipinski definition) is 1. The van der Waals surface area contributed by atoms with E-state index in [-0.39, 0.29) is 18.2 Å². The van der Waals surface area contributed by atoms with Crippen molar-refractivity contribution in [2.24, 2.45) is 7.05 Å². The molecule has 2 aromatic heterocycles. The Labute approximate surface area is 119 Å². The predicted octanol–water partition coefficient (Wildman–Crippen LogP) is 1.61. The third-order valence-electron chi connectivity index (χ3n) is 2.44. The number of rotatable bonds is 4. The van der Waals surface area contributed by atoms with Gasteiger partial charge < -0.3 is 4.74 Å². The number of thiazole rings is 1. The van der Waals surface area contributed by atoms with Gasteiger partial charge in [0.2, 0.25) is 0 Å². The minimum Gasteiger partial charge on any atom is -0.461 e. The Morgan fingerprint density at radius 1 is 1.50 bits per heavy atom. The zero-order chi connectivity index (χ0) is 14.7. The van der Waals surface area contributed by atoms with Crippen LogP contribution in [0.4, 0.5) is 5.13 Å². The zero-order valence-electron chi connectivity index (χ0n) is 11.3. The van der Waals surface area contributed by atoms with Crippen LogP contribution in [0.1, 0.15) is 33.5 Å². The van der Waals surface area contributed by atoms with Gasteiger partial charge in [0.25, 0.3) is 5.91 Å². The number of hydrogen-bond acceptors (Lipinski definition) is 6. The van der Waals surface area contributed by atoms with Crippen LogP contribution in [-0.4, -0.2) is 33.2 Å². The summed E-state index contributed by atoms with van der Waals surface area (Å²) >= 11 is 1.16. The van der Waals surface area contributed by atoms with Crippen LogP contribution in [0.2, 0.25) is 0 Å². The van der Waals surface area contributed by atoms with Crippen molar-refractivity contribution in [3.63, 3.8) is 0 Å². The third-order valence-corrected chi connectivity index (χ3v) is 3.19. The number of carbonyl (C=O) groups is 2. The maximum Gasteiger partial charge on any atom is 0.357 e. The number of nitrogens with zero attached hydrogens (tertiary/aromatic N) is 3. The lowest BCUT2D eigenvalue weighted by molar-refractivity contribution is 0.0520. The molecule has 106 valence electrons. The molecule has 0 aromatic carbocycles. The summed E-state index contributed by atoms with van der Waals surface area (Å²) in [4.78, 5) is 27.5. The molecule has 2 heterocycles. The van der Waals surface area contributed by atoms with E-state index in [4.69, 9.17) is 4.74 Å². The van der Waals surface area contributed by atoms with Crippen LogP contribution < -0.4 is 5.32 Å². The molecule has 2 aromatic rings. The van der Waals surface area contributed by atoms with Gasteiger partial charge in [0.1, 0.15) is 0 Å². The van der Waals surface area contributed by atoms with Gasteiger partial charge in [-0.1, -0.05) is 0 Å². The van der Waals surface area contributed by atoms with E-state index in [0.29, 0.717) is 10.8 Å². The van der Waals surface area contributed by atoms with Crippen molar-refractivity contribution >= 4 is 28.3 Å². The highest BCUT2D eigenvalue weighted by Crippen LogP contribution is 2.17. The molecule has 0 spiro atoms. The van der Waals surface area contributed by atoms with E-state index in [0.717, 1.165) is 16.9 Å². The molecular formula is C12H14N4O3S. The number of nitrogens with one attached hydrogen (secondary N) is 1. The molecule has 0 radical (unpaired) electrons. The average molecular weight is 294 g/mol. The topological polar surface area (TPSA) is 86.1 Å². The third kappa shape index (κ3) is 3.02. The fraction of sp³-hybridized carbons (Fsp3) is 0.333. The van der Waals surface area contributed by atoms with Gasteiger partial charge in [-0.15, -0.1) is 11.3 Å². The monoisotopic (exact) mass is 294 g/mol. The molecule has 0 aliphatic rings. The van der Waals surface area contributed by atoms with Gasteiger partial charge in [0.05, 0.1) is 6.61 Å². The first kappa shape index (κ1) is 14.2. The van der Waals surface area contributed by atoms with Gasteiger partial charge in [0, 0.05) is 24.2 Å². The SMILES string of the molecule is CCOC(=O)c1csc(NC(=O)c2nn(C)cc2C)n1. The molecule has 0 saturated heterocycles. The molecule has 1 amide bonds. The van der Waals surface area contributed by atoms with E-state index in [1.165, 1.54) is 0 Å². The van der Waals surface area contributed by atoms with E-state index in [9.17, 15) is 9.59 Å². The van der Waals surface area contributed by atoms with Crippen molar-refractivity contribution < 1.29 is 14.3 Å². The van der Waals surface area contributed by atoms with Crippen LogP contribution in [-0.2, 0) is 11.8 Å². The number of aromatic nitrogens is 3. The minimum absolute atomic E-state index is 0.185. The molecule has 1 N–H and O–H groups in total. The number of aryl methyl sites for hydroxylation is 2. The lowest BCUT2D eigenvalue weighted by Gasteiger charge is -1.99. The van der Waals surface area contributed by atoms with E-state index in [1.54, 1.807) is 37.2 Å². The van der Waals surface area contributed by atoms with Crippen LogP contribution in [0.25, 0.3) is 0 Å². The number of carbonyl (C=O) groups excluding carboxylic acids is 2. The molecule has 0 atom stereocenters. The fourth-order valence-electron chi connectivity index (χ4n) is 1.62. The molecule has 20 heavy (non-hydrogen) atoms. The number of anilines is 1. The molecule has 7 nitrogen and oxygen atoms in total. The van der Waals surface area contributed by atoms with Crippen LogP contribution in [0.15, 0.2) is 11.6 Å². The number of amides is 1. The maximum atomic E-state index is 12.0. The minimum atomic E-state index is -0.502. The lowest BCUT2D eigenvalue weighted by Crippen LogP contribution is -2.14. The summed E-state index contributed by atoms with van der Waals surface area (Å²) in [5, 5.41) is 8.56. The van der Waals surface area contributed by atoms with Gasteiger partial charge in [-0.05, 0) is 13.8 Å². The molecule has 8 heteroatoms. The molecule has 0 unspecified atom stereocenters. The Hall–Kier alpha value is -2.22. The van der Waals surface area contributed by atoms with E-state index in [1.807, 2.05) is 0 Å². The smallest absolute Gasteiger partial charge is 0.357 e. The summed E-state index contributed by atoms with van der Waals surface area (Å²) in [6, 6.07) is 0. The Morgan fingerprint density at radius 3 is 2.85 bits per heavy atom. The Balaban J connectivity index is 2.09. The first-order chi connectivity index (χ1) is 9.51. The summed E-state index contributed by atoms with van der Waals surface area (Å²) in [6.45, 7) is 3.80. The van der Waals surface area contributed by atoms with E-state index < -0.39 is 5.97 Å². The van der Waals surface area contributed by atoms with E-state index in [2.05, 4.69) is 15.4 Å². The van der Waals surface area contributed by atoms with Gasteiger partial charge in [-0.2, -0.15) is 5.10 Å². The molecule has 2 rings (SSSR count). The zero-order valence-corrected chi connectivity index (χ0v) is 12.2. The van der Waals surface area contributed by atoms with Crippen molar-refractivity contribution in [3.8, 4) is 0 Å². The normalized spacial score (nSPS) is 10.3. The highest BCUT2D eigenvalue weighted by Gasteiger charge is 2.17. The Bertz CT molecular complexity index is 647. The van der Waals surface area contributed by atoms with Crippen LogP contribution in [0.5, 0.6) is 0 Å². The molecular weight excluding hydrogens is 280 g/mol. The van der Waals surface area contributed by atoms with Crippen LogP contribution in [0, 0.1) is 6.92 Å². The number of esters is 1. The predicted molar refractivity (Wildman–Crippen MR) is 74.0 cm³/mol. The van der Waals surface area contributed by atoms with Gasteiger partial charge in [0.15, 0.2) is 16.5 Å². The Kier molecular flexibility index (Phi) is 4.14. The summed E-state index contributed by atoms with van der Waals surface area (Å²) in [7, 11) is 1.74. The highest BCUT2D eigenvalue weighted by molar-refractivity contribution is 7.14. The molecule has 0 aliphatic heterocycles.